The summed E-state index contributed by atoms with van der Waals surface area (Å²) in [6, 6.07) is 0.0182. The largest absolute Gasteiger partial charge is 0.481 e. The second-order valence-electron chi connectivity index (χ2n) is 4.70. The SMILES string of the molecule is CC(C(=O)O)C(C)N1CCC2(C1)OCCO2. The molecule has 0 aliphatic carbocycles. The highest BCUT2D eigenvalue weighted by molar-refractivity contribution is 5.70. The summed E-state index contributed by atoms with van der Waals surface area (Å²) in [6.07, 6.45) is 0.837. The standard InChI is InChI=1S/C11H19NO4/c1-8(10(13)14)9(2)12-4-3-11(7-12)15-5-6-16-11/h8-9H,3-7H2,1-2H3,(H,13,14). The summed E-state index contributed by atoms with van der Waals surface area (Å²) in [5, 5.41) is 8.98. The molecule has 2 saturated heterocycles. The van der Waals surface area contributed by atoms with Crippen molar-refractivity contribution in [3.63, 3.8) is 0 Å². The molecule has 0 radical (unpaired) electrons. The number of hydrogen-bond donors (Lipinski definition) is 1. The molecule has 0 saturated carbocycles. The summed E-state index contributed by atoms with van der Waals surface area (Å²) in [7, 11) is 0. The van der Waals surface area contributed by atoms with E-state index in [1.807, 2.05) is 6.92 Å². The zero-order valence-electron chi connectivity index (χ0n) is 9.81. The van der Waals surface area contributed by atoms with E-state index in [0.29, 0.717) is 19.8 Å². The third kappa shape index (κ3) is 2.07. The van der Waals surface area contributed by atoms with Gasteiger partial charge in [-0.1, -0.05) is 6.92 Å². The van der Waals surface area contributed by atoms with Crippen molar-refractivity contribution in [3.05, 3.63) is 0 Å². The third-order valence-corrected chi connectivity index (χ3v) is 3.73. The molecule has 0 amide bonds. The van der Waals surface area contributed by atoms with Gasteiger partial charge in [0.25, 0.3) is 0 Å². The molecule has 1 spiro atoms. The Kier molecular flexibility index (Phi) is 3.19. The Hall–Kier alpha value is -0.650. The molecule has 2 fully saturated rings. The number of carbonyl (C=O) groups is 1. The van der Waals surface area contributed by atoms with E-state index in [1.165, 1.54) is 0 Å². The van der Waals surface area contributed by atoms with Crippen LogP contribution in [0.5, 0.6) is 0 Å². The Morgan fingerprint density at radius 2 is 2.00 bits per heavy atom. The van der Waals surface area contributed by atoms with Crippen LogP contribution in [0.15, 0.2) is 0 Å². The first kappa shape index (κ1) is 11.8. The Balaban J connectivity index is 1.95. The van der Waals surface area contributed by atoms with Crippen LogP contribution in [0.2, 0.25) is 0 Å². The van der Waals surface area contributed by atoms with Crippen molar-refractivity contribution in [3.8, 4) is 0 Å². The normalized spacial score (nSPS) is 28.4. The molecule has 2 heterocycles. The van der Waals surface area contributed by atoms with Crippen LogP contribution < -0.4 is 0 Å². The number of carboxylic acids is 1. The quantitative estimate of drug-likeness (QED) is 0.765. The van der Waals surface area contributed by atoms with Gasteiger partial charge in [0.15, 0.2) is 5.79 Å². The smallest absolute Gasteiger partial charge is 0.307 e. The molecule has 2 rings (SSSR count). The maximum atomic E-state index is 10.9. The number of likely N-dealkylation sites (tertiary alicyclic amines) is 1. The van der Waals surface area contributed by atoms with Crippen LogP contribution in [0.4, 0.5) is 0 Å². The molecule has 1 N–H and O–H groups in total. The Morgan fingerprint density at radius 3 is 2.56 bits per heavy atom. The van der Waals surface area contributed by atoms with Crippen LogP contribution >= 0.6 is 0 Å². The van der Waals surface area contributed by atoms with Gasteiger partial charge in [0.2, 0.25) is 0 Å². The fraction of sp³-hybridized carbons (Fsp3) is 0.909. The highest BCUT2D eigenvalue weighted by atomic mass is 16.7. The van der Waals surface area contributed by atoms with Crippen LogP contribution in [-0.2, 0) is 14.3 Å². The number of aliphatic carboxylic acids is 1. The van der Waals surface area contributed by atoms with Gasteiger partial charge in [-0.15, -0.1) is 0 Å². The predicted molar refractivity (Wildman–Crippen MR) is 57.1 cm³/mol. The minimum absolute atomic E-state index is 0.0182. The van der Waals surface area contributed by atoms with Crippen molar-refractivity contribution in [2.45, 2.75) is 32.1 Å². The first-order valence-corrected chi connectivity index (χ1v) is 5.79. The number of hydrogen-bond acceptors (Lipinski definition) is 4. The summed E-state index contributed by atoms with van der Waals surface area (Å²) in [5.41, 5.74) is 0. The fourth-order valence-corrected chi connectivity index (χ4v) is 2.38. The lowest BCUT2D eigenvalue weighted by Crippen LogP contribution is -2.42. The van der Waals surface area contributed by atoms with Crippen molar-refractivity contribution in [1.29, 1.82) is 0 Å². The summed E-state index contributed by atoms with van der Waals surface area (Å²) >= 11 is 0. The minimum atomic E-state index is -0.748. The van der Waals surface area contributed by atoms with Crippen molar-refractivity contribution in [2.75, 3.05) is 26.3 Å². The number of carboxylic acid groups (broad SMARTS) is 1. The van der Waals surface area contributed by atoms with Gasteiger partial charge in [0, 0.05) is 19.0 Å². The summed E-state index contributed by atoms with van der Waals surface area (Å²) < 4.78 is 11.2. The van der Waals surface area contributed by atoms with E-state index in [4.69, 9.17) is 14.6 Å². The van der Waals surface area contributed by atoms with Crippen LogP contribution in [-0.4, -0.2) is 54.1 Å². The maximum absolute atomic E-state index is 10.9. The van der Waals surface area contributed by atoms with Gasteiger partial charge < -0.3 is 14.6 Å². The molecule has 0 aromatic carbocycles. The second kappa shape index (κ2) is 4.31. The lowest BCUT2D eigenvalue weighted by molar-refractivity contribution is -0.151. The Bertz CT molecular complexity index is 275. The molecule has 5 heteroatoms. The number of rotatable bonds is 3. The zero-order chi connectivity index (χ0) is 11.8. The highest BCUT2D eigenvalue weighted by Gasteiger charge is 2.45. The molecule has 2 aliphatic rings. The lowest BCUT2D eigenvalue weighted by Gasteiger charge is -2.28. The van der Waals surface area contributed by atoms with E-state index in [-0.39, 0.29) is 12.0 Å². The summed E-state index contributed by atoms with van der Waals surface area (Å²) in [6.45, 7) is 6.53. The molecular weight excluding hydrogens is 210 g/mol. The van der Waals surface area contributed by atoms with Crippen LogP contribution in [0.1, 0.15) is 20.3 Å². The topological polar surface area (TPSA) is 59.0 Å². The van der Waals surface area contributed by atoms with Crippen LogP contribution in [0, 0.1) is 5.92 Å². The summed E-state index contributed by atoms with van der Waals surface area (Å²) in [5.74, 6) is -1.56. The van der Waals surface area contributed by atoms with Crippen molar-refractivity contribution in [1.82, 2.24) is 4.90 Å². The van der Waals surface area contributed by atoms with E-state index in [0.717, 1.165) is 13.0 Å². The van der Waals surface area contributed by atoms with Gasteiger partial charge in [-0.2, -0.15) is 0 Å². The molecule has 92 valence electrons. The Labute approximate surface area is 95.3 Å². The molecule has 0 aromatic heterocycles. The van der Waals surface area contributed by atoms with Gasteiger partial charge in [0.1, 0.15) is 0 Å². The van der Waals surface area contributed by atoms with Gasteiger partial charge >= 0.3 is 5.97 Å². The highest BCUT2D eigenvalue weighted by Crippen LogP contribution is 2.32. The maximum Gasteiger partial charge on any atom is 0.307 e. The third-order valence-electron chi connectivity index (χ3n) is 3.73. The molecule has 0 bridgehead atoms. The lowest BCUT2D eigenvalue weighted by atomic mass is 10.0. The van der Waals surface area contributed by atoms with Gasteiger partial charge in [-0.05, 0) is 6.92 Å². The monoisotopic (exact) mass is 229 g/mol. The molecule has 2 unspecified atom stereocenters. The second-order valence-corrected chi connectivity index (χ2v) is 4.70. The van der Waals surface area contributed by atoms with Crippen LogP contribution in [0.25, 0.3) is 0 Å². The number of nitrogens with zero attached hydrogens (tertiary/aromatic N) is 1. The fourth-order valence-electron chi connectivity index (χ4n) is 2.38. The summed E-state index contributed by atoms with van der Waals surface area (Å²) in [4.78, 5) is 13.1. The molecule has 2 atom stereocenters. The van der Waals surface area contributed by atoms with Gasteiger partial charge in [0.05, 0.1) is 25.7 Å². The van der Waals surface area contributed by atoms with Gasteiger partial charge in [-0.3, -0.25) is 9.69 Å². The minimum Gasteiger partial charge on any atom is -0.481 e. The average molecular weight is 229 g/mol. The molecule has 2 aliphatic heterocycles. The first-order chi connectivity index (χ1) is 7.54. The first-order valence-electron chi connectivity index (χ1n) is 5.79. The van der Waals surface area contributed by atoms with Crippen molar-refractivity contribution >= 4 is 5.97 Å². The molecular formula is C11H19NO4. The zero-order valence-corrected chi connectivity index (χ0v) is 9.81. The number of ether oxygens (including phenoxy) is 2. The van der Waals surface area contributed by atoms with Crippen LogP contribution in [0.3, 0.4) is 0 Å². The molecule has 5 nitrogen and oxygen atoms in total. The predicted octanol–water partition coefficient (Wildman–Crippen LogP) is 0.544. The average Bonchev–Trinajstić information content (AvgIpc) is 2.87. The molecule has 16 heavy (non-hydrogen) atoms. The van der Waals surface area contributed by atoms with E-state index < -0.39 is 11.8 Å². The molecule has 0 aromatic rings. The van der Waals surface area contributed by atoms with E-state index in [9.17, 15) is 4.79 Å². The Morgan fingerprint density at radius 1 is 1.38 bits per heavy atom. The van der Waals surface area contributed by atoms with E-state index >= 15 is 0 Å². The van der Waals surface area contributed by atoms with E-state index in [1.54, 1.807) is 6.92 Å². The van der Waals surface area contributed by atoms with Crippen molar-refractivity contribution < 1.29 is 19.4 Å². The van der Waals surface area contributed by atoms with Crippen molar-refractivity contribution in [2.24, 2.45) is 5.92 Å². The van der Waals surface area contributed by atoms with Gasteiger partial charge in [-0.25, -0.2) is 0 Å². The van der Waals surface area contributed by atoms with E-state index in [2.05, 4.69) is 4.90 Å².